The maximum absolute atomic E-state index is 12.7. The van der Waals surface area contributed by atoms with Gasteiger partial charge in [0.1, 0.15) is 6.04 Å². The topological polar surface area (TPSA) is 118 Å². The molecule has 1 unspecified atom stereocenters. The number of sulfonamides is 1. The number of carbonyl (C=O) groups is 2. The minimum Gasteiger partial charge on any atom is -0.459 e. The summed E-state index contributed by atoms with van der Waals surface area (Å²) in [6.45, 7) is 5.92. The van der Waals surface area contributed by atoms with Gasteiger partial charge in [-0.2, -0.15) is 0 Å². The van der Waals surface area contributed by atoms with Crippen LogP contribution in [0.3, 0.4) is 0 Å². The number of hydrogen-bond donors (Lipinski definition) is 3. The molecule has 9 heteroatoms. The molecule has 0 bridgehead atoms. The Morgan fingerprint density at radius 2 is 1.90 bits per heavy atom. The van der Waals surface area contributed by atoms with Gasteiger partial charge >= 0.3 is 0 Å². The molecule has 0 radical (unpaired) electrons. The van der Waals surface area contributed by atoms with Gasteiger partial charge < -0.3 is 15.1 Å². The first kappa shape index (κ1) is 22.6. The Kier molecular flexibility index (Phi) is 7.98. The molecule has 3 N–H and O–H groups in total. The van der Waals surface area contributed by atoms with Crippen LogP contribution in [0, 0.1) is 5.92 Å². The van der Waals surface area contributed by atoms with Crippen molar-refractivity contribution < 1.29 is 22.4 Å². The van der Waals surface area contributed by atoms with Gasteiger partial charge in [-0.05, 0) is 42.7 Å². The Hall–Kier alpha value is -2.65. The number of hydrogen-bond acceptors (Lipinski definition) is 5. The standard InChI is InChI=1S/C20H27N3O5S/c1-4-5-11-21-29(26,27)16-9-6-8-15(13-16)22-20(25)18(14(2)3)23-19(24)17-10-7-12-28-17/h6-10,12-14,18,21H,4-5,11H2,1-3H3,(H,22,25)(H,23,24). The molecule has 8 nitrogen and oxygen atoms in total. The summed E-state index contributed by atoms with van der Waals surface area (Å²) in [6, 6.07) is 8.26. The lowest BCUT2D eigenvalue weighted by atomic mass is 10.0. The van der Waals surface area contributed by atoms with Crippen LogP contribution in [0.4, 0.5) is 5.69 Å². The minimum absolute atomic E-state index is 0.0621. The van der Waals surface area contributed by atoms with Crippen molar-refractivity contribution in [3.8, 4) is 0 Å². The van der Waals surface area contributed by atoms with Gasteiger partial charge in [-0.3, -0.25) is 9.59 Å². The van der Waals surface area contributed by atoms with E-state index in [1.165, 1.54) is 24.5 Å². The average molecular weight is 422 g/mol. The van der Waals surface area contributed by atoms with Gasteiger partial charge in [0.05, 0.1) is 11.2 Å². The number of amides is 2. The molecule has 2 rings (SSSR count). The summed E-state index contributed by atoms with van der Waals surface area (Å²) in [4.78, 5) is 25.0. The predicted octanol–water partition coefficient (Wildman–Crippen LogP) is 2.75. The van der Waals surface area contributed by atoms with Crippen molar-refractivity contribution in [2.75, 3.05) is 11.9 Å². The van der Waals surface area contributed by atoms with Gasteiger partial charge in [0.15, 0.2) is 5.76 Å². The molecule has 0 saturated heterocycles. The Balaban J connectivity index is 2.10. The summed E-state index contributed by atoms with van der Waals surface area (Å²) in [5, 5.41) is 5.32. The molecule has 0 spiro atoms. The molecule has 158 valence electrons. The highest BCUT2D eigenvalue weighted by atomic mass is 32.2. The lowest BCUT2D eigenvalue weighted by Crippen LogP contribution is -2.47. The zero-order chi connectivity index (χ0) is 21.4. The second-order valence-corrected chi connectivity index (χ2v) is 8.71. The highest BCUT2D eigenvalue weighted by Crippen LogP contribution is 2.17. The zero-order valence-electron chi connectivity index (χ0n) is 16.8. The van der Waals surface area contributed by atoms with E-state index in [2.05, 4.69) is 15.4 Å². The third-order valence-electron chi connectivity index (χ3n) is 4.21. The first-order valence-electron chi connectivity index (χ1n) is 9.49. The van der Waals surface area contributed by atoms with Crippen molar-refractivity contribution in [2.24, 2.45) is 5.92 Å². The van der Waals surface area contributed by atoms with Gasteiger partial charge in [-0.25, -0.2) is 13.1 Å². The molecular weight excluding hydrogens is 394 g/mol. The molecule has 0 aliphatic carbocycles. The van der Waals surface area contributed by atoms with Gasteiger partial charge in [0.2, 0.25) is 15.9 Å². The second kappa shape index (κ2) is 10.2. The number of furan rings is 1. The van der Waals surface area contributed by atoms with Crippen molar-refractivity contribution in [3.63, 3.8) is 0 Å². The minimum atomic E-state index is -3.66. The van der Waals surface area contributed by atoms with Crippen molar-refractivity contribution in [1.29, 1.82) is 0 Å². The SMILES string of the molecule is CCCCNS(=O)(=O)c1cccc(NC(=O)C(NC(=O)c2ccco2)C(C)C)c1. The van der Waals surface area contributed by atoms with Crippen molar-refractivity contribution in [1.82, 2.24) is 10.0 Å². The first-order valence-corrected chi connectivity index (χ1v) is 11.0. The van der Waals surface area contributed by atoms with Crippen LogP contribution in [0.5, 0.6) is 0 Å². The Labute approximate surface area is 171 Å². The van der Waals surface area contributed by atoms with E-state index in [4.69, 9.17) is 4.42 Å². The van der Waals surface area contributed by atoms with Crippen LogP contribution in [0.25, 0.3) is 0 Å². The molecule has 0 fully saturated rings. The van der Waals surface area contributed by atoms with E-state index < -0.39 is 27.9 Å². The monoisotopic (exact) mass is 421 g/mol. The molecule has 0 aliphatic heterocycles. The fourth-order valence-corrected chi connectivity index (χ4v) is 3.70. The van der Waals surface area contributed by atoms with Gasteiger partial charge in [0.25, 0.3) is 5.91 Å². The summed E-state index contributed by atoms with van der Waals surface area (Å²) in [5.74, 6) is -1.04. The zero-order valence-corrected chi connectivity index (χ0v) is 17.6. The smallest absolute Gasteiger partial charge is 0.287 e. The normalized spacial score (nSPS) is 12.6. The fourth-order valence-electron chi connectivity index (χ4n) is 2.58. The van der Waals surface area contributed by atoms with Crippen LogP contribution < -0.4 is 15.4 Å². The quantitative estimate of drug-likeness (QED) is 0.510. The van der Waals surface area contributed by atoms with E-state index in [0.717, 1.165) is 12.8 Å². The summed E-state index contributed by atoms with van der Waals surface area (Å²) in [6.07, 6.45) is 2.99. The number of unbranched alkanes of at least 4 members (excludes halogenated alkanes) is 1. The van der Waals surface area contributed by atoms with Gasteiger partial charge in [-0.1, -0.05) is 33.3 Å². The van der Waals surface area contributed by atoms with Gasteiger partial charge in [-0.15, -0.1) is 0 Å². The Bertz CT molecular complexity index is 923. The molecule has 1 aromatic heterocycles. The largest absolute Gasteiger partial charge is 0.459 e. The molecule has 29 heavy (non-hydrogen) atoms. The number of carbonyl (C=O) groups excluding carboxylic acids is 2. The Morgan fingerprint density at radius 1 is 1.14 bits per heavy atom. The summed E-state index contributed by atoms with van der Waals surface area (Å²) in [5.41, 5.74) is 0.325. The number of benzene rings is 1. The maximum Gasteiger partial charge on any atom is 0.287 e. The van der Waals surface area contributed by atoms with Crippen molar-refractivity contribution in [3.05, 3.63) is 48.4 Å². The van der Waals surface area contributed by atoms with Crippen LogP contribution in [0.1, 0.15) is 44.2 Å². The lowest BCUT2D eigenvalue weighted by Gasteiger charge is -2.21. The number of nitrogens with one attached hydrogen (secondary N) is 3. The van der Waals surface area contributed by atoms with E-state index >= 15 is 0 Å². The first-order chi connectivity index (χ1) is 13.7. The Morgan fingerprint density at radius 3 is 2.52 bits per heavy atom. The van der Waals surface area contributed by atoms with Gasteiger partial charge in [0, 0.05) is 12.2 Å². The lowest BCUT2D eigenvalue weighted by molar-refractivity contribution is -0.118. The third kappa shape index (κ3) is 6.43. The number of anilines is 1. The predicted molar refractivity (Wildman–Crippen MR) is 110 cm³/mol. The van der Waals surface area contributed by atoms with E-state index in [0.29, 0.717) is 12.2 Å². The summed E-state index contributed by atoms with van der Waals surface area (Å²) >= 11 is 0. The van der Waals surface area contributed by atoms with Crippen LogP contribution in [-0.4, -0.2) is 32.8 Å². The van der Waals surface area contributed by atoms with E-state index in [1.54, 1.807) is 32.0 Å². The highest BCUT2D eigenvalue weighted by Gasteiger charge is 2.26. The van der Waals surface area contributed by atoms with E-state index in [-0.39, 0.29) is 16.6 Å². The molecule has 0 aliphatic rings. The van der Waals surface area contributed by atoms with E-state index in [1.807, 2.05) is 6.92 Å². The number of rotatable bonds is 10. The molecular formula is C20H27N3O5S. The third-order valence-corrected chi connectivity index (χ3v) is 5.67. The van der Waals surface area contributed by atoms with Crippen LogP contribution in [0.15, 0.2) is 52.0 Å². The second-order valence-electron chi connectivity index (χ2n) is 6.94. The average Bonchev–Trinajstić information content (AvgIpc) is 3.21. The van der Waals surface area contributed by atoms with Crippen molar-refractivity contribution >= 4 is 27.5 Å². The molecule has 2 amide bonds. The van der Waals surface area contributed by atoms with Crippen LogP contribution in [0.2, 0.25) is 0 Å². The molecule has 1 heterocycles. The fraction of sp³-hybridized carbons (Fsp3) is 0.400. The summed E-state index contributed by atoms with van der Waals surface area (Å²) < 4.78 is 32.3. The molecule has 1 aromatic carbocycles. The van der Waals surface area contributed by atoms with Crippen LogP contribution in [-0.2, 0) is 14.8 Å². The summed E-state index contributed by atoms with van der Waals surface area (Å²) in [7, 11) is -3.66. The highest BCUT2D eigenvalue weighted by molar-refractivity contribution is 7.89. The van der Waals surface area contributed by atoms with Crippen molar-refractivity contribution in [2.45, 2.75) is 44.6 Å². The van der Waals surface area contributed by atoms with Crippen LogP contribution >= 0.6 is 0 Å². The molecule has 1 atom stereocenters. The molecule has 0 saturated carbocycles. The molecule has 2 aromatic rings. The maximum atomic E-state index is 12.7. The van der Waals surface area contributed by atoms with E-state index in [9.17, 15) is 18.0 Å².